The molecule has 2 aromatic carbocycles. The molecule has 0 atom stereocenters. The molecule has 0 aromatic heterocycles. The number of amides is 2. The fraction of sp³-hybridized carbons (Fsp3) is 0.391. The average Bonchev–Trinajstić information content (AvgIpc) is 2.79. The lowest BCUT2D eigenvalue weighted by Gasteiger charge is -2.35. The number of carbonyl (C=O) groups excluding carboxylic acids is 2. The lowest BCUT2D eigenvalue weighted by atomic mass is 10.1. The fourth-order valence-electron chi connectivity index (χ4n) is 3.58. The molecule has 2 amide bonds. The zero-order chi connectivity index (χ0) is 25.1. The predicted molar refractivity (Wildman–Crippen MR) is 120 cm³/mol. The van der Waals surface area contributed by atoms with E-state index in [-0.39, 0.29) is 55.5 Å². The van der Waals surface area contributed by atoms with Gasteiger partial charge in [-0.15, -0.1) is 0 Å². The zero-order valence-corrected chi connectivity index (χ0v) is 19.7. The highest BCUT2D eigenvalue weighted by Crippen LogP contribution is 2.29. The van der Waals surface area contributed by atoms with Crippen LogP contribution in [0.2, 0.25) is 0 Å². The molecular weight excluding hydrogens is 471 g/mol. The van der Waals surface area contributed by atoms with Crippen LogP contribution in [-0.2, 0) is 21.0 Å². The van der Waals surface area contributed by atoms with Crippen molar-refractivity contribution in [2.45, 2.75) is 31.3 Å². The van der Waals surface area contributed by atoms with Crippen LogP contribution in [-0.4, -0.2) is 62.8 Å². The van der Waals surface area contributed by atoms with Gasteiger partial charge in [0, 0.05) is 44.7 Å². The van der Waals surface area contributed by atoms with Gasteiger partial charge in [-0.25, -0.2) is 13.1 Å². The van der Waals surface area contributed by atoms with E-state index in [1.807, 2.05) is 13.8 Å². The highest BCUT2D eigenvalue weighted by atomic mass is 32.2. The smallest absolute Gasteiger partial charge is 0.339 e. The van der Waals surface area contributed by atoms with E-state index in [0.29, 0.717) is 0 Å². The van der Waals surface area contributed by atoms with E-state index in [1.54, 1.807) is 12.1 Å². The molecule has 0 unspecified atom stereocenters. The summed E-state index contributed by atoms with van der Waals surface area (Å²) in [5.74, 6) is -0.798. The highest BCUT2D eigenvalue weighted by molar-refractivity contribution is 7.89. The Hall–Kier alpha value is -2.92. The topological polar surface area (TPSA) is 86.8 Å². The minimum Gasteiger partial charge on any atom is -0.339 e. The van der Waals surface area contributed by atoms with Crippen molar-refractivity contribution in [3.8, 4) is 0 Å². The number of halogens is 3. The van der Waals surface area contributed by atoms with Crippen LogP contribution < -0.4 is 4.72 Å². The molecule has 1 aliphatic heterocycles. The van der Waals surface area contributed by atoms with Gasteiger partial charge < -0.3 is 9.80 Å². The number of hydrogen-bond acceptors (Lipinski definition) is 4. The van der Waals surface area contributed by atoms with Gasteiger partial charge in [0.2, 0.25) is 15.9 Å². The monoisotopic (exact) mass is 497 g/mol. The lowest BCUT2D eigenvalue weighted by molar-refractivity contribution is -0.137. The Morgan fingerprint density at radius 1 is 0.941 bits per heavy atom. The number of alkyl halides is 3. The number of sulfonamides is 1. The molecule has 0 bridgehead atoms. The van der Waals surface area contributed by atoms with Crippen LogP contribution in [0.4, 0.5) is 13.2 Å². The summed E-state index contributed by atoms with van der Waals surface area (Å²) < 4.78 is 66.0. The van der Waals surface area contributed by atoms with E-state index >= 15 is 0 Å². The SMILES string of the molecule is Cc1ccc(S(=O)(=O)NCCC(=O)N2CCN(C(=O)c3cccc(C(F)(F)F)c3)CC2)cc1C. The van der Waals surface area contributed by atoms with Gasteiger partial charge in [0.05, 0.1) is 10.5 Å². The Morgan fingerprint density at radius 2 is 1.59 bits per heavy atom. The molecule has 1 heterocycles. The van der Waals surface area contributed by atoms with Crippen molar-refractivity contribution >= 4 is 21.8 Å². The van der Waals surface area contributed by atoms with Gasteiger partial charge in [0.25, 0.3) is 5.91 Å². The Kier molecular flexibility index (Phi) is 7.67. The van der Waals surface area contributed by atoms with Crippen molar-refractivity contribution in [2.75, 3.05) is 32.7 Å². The third-order valence-corrected chi connectivity index (χ3v) is 7.23. The van der Waals surface area contributed by atoms with E-state index in [1.165, 1.54) is 28.0 Å². The quantitative estimate of drug-likeness (QED) is 0.665. The summed E-state index contributed by atoms with van der Waals surface area (Å²) in [7, 11) is -3.74. The van der Waals surface area contributed by atoms with E-state index in [0.717, 1.165) is 23.3 Å². The van der Waals surface area contributed by atoms with E-state index < -0.39 is 27.7 Å². The molecule has 184 valence electrons. The molecular formula is C23H26F3N3O4S. The van der Waals surface area contributed by atoms with Crippen molar-refractivity contribution in [1.29, 1.82) is 0 Å². The third kappa shape index (κ3) is 6.15. The van der Waals surface area contributed by atoms with Crippen molar-refractivity contribution < 1.29 is 31.2 Å². The maximum atomic E-state index is 12.9. The molecule has 0 aliphatic carbocycles. The molecule has 1 fully saturated rings. The number of carbonyl (C=O) groups is 2. The van der Waals surface area contributed by atoms with Gasteiger partial charge in [-0.05, 0) is 55.3 Å². The van der Waals surface area contributed by atoms with Crippen LogP contribution in [0.15, 0.2) is 47.4 Å². The van der Waals surface area contributed by atoms with Crippen molar-refractivity contribution in [1.82, 2.24) is 14.5 Å². The van der Waals surface area contributed by atoms with Gasteiger partial charge in [-0.2, -0.15) is 13.2 Å². The van der Waals surface area contributed by atoms with Crippen molar-refractivity contribution in [3.05, 3.63) is 64.7 Å². The molecule has 0 saturated carbocycles. The molecule has 11 heteroatoms. The number of rotatable bonds is 6. The molecule has 0 radical (unpaired) electrons. The summed E-state index contributed by atoms with van der Waals surface area (Å²) in [6, 6.07) is 9.04. The van der Waals surface area contributed by atoms with Crippen molar-refractivity contribution in [2.24, 2.45) is 0 Å². The second kappa shape index (κ2) is 10.1. The van der Waals surface area contributed by atoms with Gasteiger partial charge in [-0.3, -0.25) is 9.59 Å². The molecule has 0 spiro atoms. The zero-order valence-electron chi connectivity index (χ0n) is 18.9. The van der Waals surface area contributed by atoms with Crippen LogP contribution >= 0.6 is 0 Å². The molecule has 34 heavy (non-hydrogen) atoms. The first-order valence-electron chi connectivity index (χ1n) is 10.7. The molecule has 1 aliphatic rings. The van der Waals surface area contributed by atoms with Gasteiger partial charge in [0.15, 0.2) is 0 Å². The number of benzene rings is 2. The second-order valence-corrected chi connectivity index (χ2v) is 9.91. The number of piperazine rings is 1. The first-order chi connectivity index (χ1) is 15.9. The van der Waals surface area contributed by atoms with Gasteiger partial charge in [-0.1, -0.05) is 12.1 Å². The van der Waals surface area contributed by atoms with Crippen LogP contribution in [0, 0.1) is 13.8 Å². The predicted octanol–water partition coefficient (Wildman–Crippen LogP) is 2.98. The van der Waals surface area contributed by atoms with E-state index in [9.17, 15) is 31.2 Å². The summed E-state index contributed by atoms with van der Waals surface area (Å²) in [6.45, 7) is 4.41. The van der Waals surface area contributed by atoms with Crippen LogP contribution in [0.25, 0.3) is 0 Å². The highest BCUT2D eigenvalue weighted by Gasteiger charge is 2.32. The number of nitrogens with zero attached hydrogens (tertiary/aromatic N) is 2. The first-order valence-corrected chi connectivity index (χ1v) is 12.2. The minimum atomic E-state index is -4.54. The second-order valence-electron chi connectivity index (χ2n) is 8.15. The summed E-state index contributed by atoms with van der Waals surface area (Å²) in [6.07, 6.45) is -4.59. The van der Waals surface area contributed by atoms with Crippen LogP contribution in [0.5, 0.6) is 0 Å². The Labute approximate surface area is 196 Å². The van der Waals surface area contributed by atoms with Crippen LogP contribution in [0.3, 0.4) is 0 Å². The normalized spacial score (nSPS) is 14.9. The Bertz CT molecular complexity index is 1170. The summed E-state index contributed by atoms with van der Waals surface area (Å²) in [5.41, 5.74) is 0.863. The molecule has 3 rings (SSSR count). The summed E-state index contributed by atoms with van der Waals surface area (Å²) >= 11 is 0. The molecule has 7 nitrogen and oxygen atoms in total. The average molecular weight is 498 g/mol. The maximum absolute atomic E-state index is 12.9. The lowest BCUT2D eigenvalue weighted by Crippen LogP contribution is -2.51. The molecule has 2 aromatic rings. The standard InChI is InChI=1S/C23H26F3N3O4S/c1-16-6-7-20(14-17(16)2)34(32,33)27-9-8-21(30)28-10-12-29(13-11-28)22(31)18-4-3-5-19(15-18)23(24,25)26/h3-7,14-15,27H,8-13H2,1-2H3. The fourth-order valence-corrected chi connectivity index (χ4v) is 4.70. The summed E-state index contributed by atoms with van der Waals surface area (Å²) in [4.78, 5) is 28.1. The third-order valence-electron chi connectivity index (χ3n) is 5.78. The Morgan fingerprint density at radius 3 is 2.21 bits per heavy atom. The van der Waals surface area contributed by atoms with E-state index in [2.05, 4.69) is 4.72 Å². The Balaban J connectivity index is 1.50. The number of aryl methyl sites for hydroxylation is 2. The number of hydrogen-bond donors (Lipinski definition) is 1. The van der Waals surface area contributed by atoms with E-state index in [4.69, 9.17) is 0 Å². The molecule has 1 saturated heterocycles. The minimum absolute atomic E-state index is 0.0500. The van der Waals surface area contributed by atoms with Crippen molar-refractivity contribution in [3.63, 3.8) is 0 Å². The first kappa shape index (κ1) is 25.7. The number of nitrogens with one attached hydrogen (secondary N) is 1. The maximum Gasteiger partial charge on any atom is 0.416 e. The largest absolute Gasteiger partial charge is 0.416 e. The van der Waals surface area contributed by atoms with Crippen LogP contribution in [0.1, 0.15) is 33.5 Å². The van der Waals surface area contributed by atoms with Gasteiger partial charge in [0.1, 0.15) is 0 Å². The summed E-state index contributed by atoms with van der Waals surface area (Å²) in [5, 5.41) is 0. The van der Waals surface area contributed by atoms with Gasteiger partial charge >= 0.3 is 6.18 Å². The molecule has 1 N–H and O–H groups in total.